The van der Waals surface area contributed by atoms with Crippen LogP contribution in [0.4, 0.5) is 0 Å². The van der Waals surface area contributed by atoms with Crippen LogP contribution in [0.15, 0.2) is 35.4 Å². The summed E-state index contributed by atoms with van der Waals surface area (Å²) < 4.78 is 9.57. The van der Waals surface area contributed by atoms with Gasteiger partial charge in [-0.05, 0) is 6.92 Å². The Morgan fingerprint density at radius 3 is 2.55 bits per heavy atom. The summed E-state index contributed by atoms with van der Waals surface area (Å²) in [4.78, 5) is 36.6. The van der Waals surface area contributed by atoms with Crippen molar-refractivity contribution < 1.29 is 23.9 Å². The second-order valence-electron chi connectivity index (χ2n) is 4.66. The molecule has 0 saturated carbocycles. The molecule has 1 aromatic rings. The Balaban J connectivity index is 2.31. The van der Waals surface area contributed by atoms with Crippen LogP contribution in [0.3, 0.4) is 0 Å². The average molecular weight is 304 g/mol. The lowest BCUT2D eigenvalue weighted by Gasteiger charge is -2.24. The number of carbonyl (C=O) groups excluding carboxylic acids is 3. The van der Waals surface area contributed by atoms with Crippen molar-refractivity contribution in [2.75, 3.05) is 13.7 Å². The van der Waals surface area contributed by atoms with E-state index in [9.17, 15) is 14.4 Å². The number of rotatable bonds is 5. The van der Waals surface area contributed by atoms with Gasteiger partial charge in [0.1, 0.15) is 5.71 Å². The van der Waals surface area contributed by atoms with Crippen LogP contribution in [0, 0.1) is 0 Å². The van der Waals surface area contributed by atoms with E-state index in [-0.39, 0.29) is 18.7 Å². The number of Topliss-reactive ketones (excluding diaryl/α,β-unsaturated/α-hetero) is 1. The van der Waals surface area contributed by atoms with Gasteiger partial charge in [0, 0.05) is 12.0 Å². The van der Waals surface area contributed by atoms with E-state index in [0.29, 0.717) is 5.56 Å². The number of hydrogen-bond donors (Lipinski definition) is 1. The van der Waals surface area contributed by atoms with Gasteiger partial charge < -0.3 is 9.47 Å². The predicted molar refractivity (Wildman–Crippen MR) is 77.3 cm³/mol. The third-order valence-corrected chi connectivity index (χ3v) is 3.28. The molecular weight excluding hydrogens is 288 g/mol. The molecule has 0 fully saturated rings. The lowest BCUT2D eigenvalue weighted by Crippen LogP contribution is -2.55. The summed E-state index contributed by atoms with van der Waals surface area (Å²) in [6, 6.07) is 8.28. The highest BCUT2D eigenvalue weighted by atomic mass is 16.5. The van der Waals surface area contributed by atoms with Crippen LogP contribution in [-0.2, 0) is 19.1 Å². The third-order valence-electron chi connectivity index (χ3n) is 3.28. The van der Waals surface area contributed by atoms with Gasteiger partial charge >= 0.3 is 11.9 Å². The van der Waals surface area contributed by atoms with Gasteiger partial charge in [-0.3, -0.25) is 10.2 Å². The van der Waals surface area contributed by atoms with Gasteiger partial charge in [0.2, 0.25) is 11.3 Å². The molecule has 0 saturated heterocycles. The Labute approximate surface area is 127 Å². The van der Waals surface area contributed by atoms with Crippen LogP contribution < -0.4 is 5.43 Å². The molecule has 1 aliphatic rings. The van der Waals surface area contributed by atoms with Gasteiger partial charge in [0.15, 0.2) is 0 Å². The lowest BCUT2D eigenvalue weighted by molar-refractivity contribution is -0.145. The maximum Gasteiger partial charge on any atom is 0.354 e. The third kappa shape index (κ3) is 2.69. The lowest BCUT2D eigenvalue weighted by atomic mass is 9.86. The Morgan fingerprint density at radius 2 is 1.95 bits per heavy atom. The molecule has 0 aliphatic carbocycles. The average Bonchev–Trinajstić information content (AvgIpc) is 3.01. The number of ketones is 1. The Morgan fingerprint density at radius 1 is 1.27 bits per heavy atom. The van der Waals surface area contributed by atoms with E-state index in [2.05, 4.69) is 10.5 Å². The molecular formula is C15H16N2O5. The van der Waals surface area contributed by atoms with Crippen LogP contribution >= 0.6 is 0 Å². The highest BCUT2D eigenvalue weighted by Crippen LogP contribution is 2.25. The molecule has 22 heavy (non-hydrogen) atoms. The Kier molecular flexibility index (Phi) is 4.55. The van der Waals surface area contributed by atoms with Gasteiger partial charge in [-0.2, -0.15) is 5.10 Å². The molecule has 1 N–H and O–H groups in total. The fourth-order valence-corrected chi connectivity index (χ4v) is 2.18. The summed E-state index contributed by atoms with van der Waals surface area (Å²) in [6.07, 6.45) is -0.216. The quantitative estimate of drug-likeness (QED) is 0.489. The summed E-state index contributed by atoms with van der Waals surface area (Å²) in [5.41, 5.74) is 1.04. The zero-order valence-electron chi connectivity index (χ0n) is 12.3. The number of esters is 2. The number of methoxy groups -OCH3 is 1. The minimum absolute atomic E-state index is 0.0171. The van der Waals surface area contributed by atoms with E-state index in [1.807, 2.05) is 0 Å². The molecule has 2 rings (SSSR count). The summed E-state index contributed by atoms with van der Waals surface area (Å²) in [6.45, 7) is 1.83. The van der Waals surface area contributed by atoms with Crippen molar-refractivity contribution in [3.63, 3.8) is 0 Å². The smallest absolute Gasteiger partial charge is 0.354 e. The van der Waals surface area contributed by atoms with Crippen LogP contribution in [0.1, 0.15) is 23.7 Å². The monoisotopic (exact) mass is 304 g/mol. The zero-order chi connectivity index (χ0) is 16.2. The number of nitrogens with one attached hydrogen (secondary N) is 1. The predicted octanol–water partition coefficient (Wildman–Crippen LogP) is 0.693. The summed E-state index contributed by atoms with van der Waals surface area (Å²) >= 11 is 0. The maximum atomic E-state index is 12.7. The van der Waals surface area contributed by atoms with Crippen molar-refractivity contribution in [3.8, 4) is 0 Å². The highest BCUT2D eigenvalue weighted by molar-refractivity contribution is 6.39. The topological polar surface area (TPSA) is 94.1 Å². The first kappa shape index (κ1) is 15.7. The highest BCUT2D eigenvalue weighted by Gasteiger charge is 2.52. The Hall–Kier alpha value is -2.70. The second-order valence-corrected chi connectivity index (χ2v) is 4.66. The fraction of sp³-hybridized carbons (Fsp3) is 0.333. The molecule has 1 aromatic carbocycles. The van der Waals surface area contributed by atoms with Gasteiger partial charge in [0.05, 0.1) is 13.7 Å². The molecule has 0 aromatic heterocycles. The van der Waals surface area contributed by atoms with E-state index in [0.717, 1.165) is 0 Å². The zero-order valence-corrected chi connectivity index (χ0v) is 12.3. The fourth-order valence-electron chi connectivity index (χ4n) is 2.18. The molecule has 116 valence electrons. The first-order valence-corrected chi connectivity index (χ1v) is 6.74. The Bertz CT molecular complexity index is 626. The summed E-state index contributed by atoms with van der Waals surface area (Å²) in [5.74, 6) is -1.98. The van der Waals surface area contributed by atoms with E-state index < -0.39 is 23.3 Å². The van der Waals surface area contributed by atoms with Crippen molar-refractivity contribution >= 4 is 23.4 Å². The minimum Gasteiger partial charge on any atom is -0.467 e. The minimum atomic E-state index is -1.74. The number of ether oxygens (including phenoxy) is 2. The second kappa shape index (κ2) is 6.38. The van der Waals surface area contributed by atoms with Crippen LogP contribution in [0.2, 0.25) is 0 Å². The normalized spacial score (nSPS) is 19.8. The van der Waals surface area contributed by atoms with Crippen LogP contribution in [0.5, 0.6) is 0 Å². The molecule has 0 bridgehead atoms. The summed E-state index contributed by atoms with van der Waals surface area (Å²) in [7, 11) is 1.17. The number of benzene rings is 1. The standard InChI is InChI=1S/C15H16N2O5/c1-3-22-13(19)11-9-15(17-16-11,14(20)21-2)12(18)10-7-5-4-6-8-10/h4-8,17H,3,9H2,1-2H3. The number of nitrogens with zero attached hydrogens (tertiary/aromatic N) is 1. The number of hydrogen-bond acceptors (Lipinski definition) is 7. The first-order valence-electron chi connectivity index (χ1n) is 6.74. The molecule has 1 aliphatic heterocycles. The largest absolute Gasteiger partial charge is 0.467 e. The molecule has 0 spiro atoms. The number of hydrazone groups is 1. The molecule has 1 unspecified atom stereocenters. The molecule has 0 amide bonds. The molecule has 7 heteroatoms. The van der Waals surface area contributed by atoms with Gasteiger partial charge in [-0.1, -0.05) is 30.3 Å². The SMILES string of the molecule is CCOC(=O)C1=NNC(C(=O)OC)(C(=O)c2ccccc2)C1. The van der Waals surface area contributed by atoms with Gasteiger partial charge in [-0.25, -0.2) is 9.59 Å². The molecule has 1 heterocycles. The molecule has 0 radical (unpaired) electrons. The first-order chi connectivity index (χ1) is 10.5. The maximum absolute atomic E-state index is 12.7. The van der Waals surface area contributed by atoms with E-state index in [4.69, 9.17) is 9.47 Å². The van der Waals surface area contributed by atoms with Crippen molar-refractivity contribution in [1.29, 1.82) is 0 Å². The van der Waals surface area contributed by atoms with Gasteiger partial charge in [0.25, 0.3) is 0 Å². The van der Waals surface area contributed by atoms with Crippen molar-refractivity contribution in [1.82, 2.24) is 5.43 Å². The van der Waals surface area contributed by atoms with Crippen molar-refractivity contribution in [2.24, 2.45) is 5.10 Å². The van der Waals surface area contributed by atoms with Crippen LogP contribution in [0.25, 0.3) is 0 Å². The molecule has 7 nitrogen and oxygen atoms in total. The molecule has 1 atom stereocenters. The summed E-state index contributed by atoms with van der Waals surface area (Å²) in [5, 5.41) is 3.79. The van der Waals surface area contributed by atoms with Crippen LogP contribution in [-0.4, -0.2) is 42.7 Å². The number of carbonyl (C=O) groups is 3. The van der Waals surface area contributed by atoms with E-state index >= 15 is 0 Å². The van der Waals surface area contributed by atoms with Crippen molar-refractivity contribution in [2.45, 2.75) is 18.9 Å². The van der Waals surface area contributed by atoms with Gasteiger partial charge in [-0.15, -0.1) is 0 Å². The van der Waals surface area contributed by atoms with Crippen molar-refractivity contribution in [3.05, 3.63) is 35.9 Å². The van der Waals surface area contributed by atoms with E-state index in [1.54, 1.807) is 37.3 Å². The van der Waals surface area contributed by atoms with E-state index in [1.165, 1.54) is 7.11 Å².